The summed E-state index contributed by atoms with van der Waals surface area (Å²) in [6.07, 6.45) is 0.476. The Hall–Kier alpha value is -2.34. The van der Waals surface area contributed by atoms with Gasteiger partial charge in [0, 0.05) is 24.7 Å². The van der Waals surface area contributed by atoms with Crippen molar-refractivity contribution in [3.63, 3.8) is 0 Å². The quantitative estimate of drug-likeness (QED) is 0.505. The molecule has 1 N–H and O–H groups in total. The van der Waals surface area contributed by atoms with Crippen molar-refractivity contribution in [1.82, 2.24) is 5.32 Å². The van der Waals surface area contributed by atoms with Gasteiger partial charge < -0.3 is 5.32 Å². The van der Waals surface area contributed by atoms with E-state index in [1.807, 2.05) is 0 Å². The minimum Gasteiger partial charge on any atom is -0.312 e. The highest BCUT2D eigenvalue weighted by molar-refractivity contribution is 5.34. The number of hydrogen-bond donors (Lipinski definition) is 1. The lowest BCUT2D eigenvalue weighted by molar-refractivity contribution is -0.384. The second-order valence-electron chi connectivity index (χ2n) is 4.63. The molecule has 2 rings (SSSR count). The first-order valence-corrected chi connectivity index (χ1v) is 6.43. The molecule has 0 spiro atoms. The number of nitro benzene ring substituents is 1. The Morgan fingerprint density at radius 1 is 1.05 bits per heavy atom. The minimum atomic E-state index is -0.594. The van der Waals surface area contributed by atoms with Gasteiger partial charge in [0.05, 0.1) is 4.92 Å². The van der Waals surface area contributed by atoms with Gasteiger partial charge in [-0.1, -0.05) is 12.1 Å². The standard InChI is InChI=1S/C15H14F2N2O2/c16-13-6-11(7-14(17)9-13)4-5-18-10-12-2-1-3-15(8-12)19(20)21/h1-3,6-9,18H,4-5,10H2. The van der Waals surface area contributed by atoms with Crippen LogP contribution in [0.1, 0.15) is 11.1 Å². The normalized spacial score (nSPS) is 10.6. The molecule has 0 amide bonds. The lowest BCUT2D eigenvalue weighted by Crippen LogP contribution is -2.16. The van der Waals surface area contributed by atoms with Crippen LogP contribution in [-0.4, -0.2) is 11.5 Å². The van der Waals surface area contributed by atoms with E-state index in [9.17, 15) is 18.9 Å². The Morgan fingerprint density at radius 2 is 1.76 bits per heavy atom. The molecule has 0 aliphatic rings. The molecule has 4 nitrogen and oxygen atoms in total. The highest BCUT2D eigenvalue weighted by atomic mass is 19.1. The predicted octanol–water partition coefficient (Wildman–Crippen LogP) is 3.21. The van der Waals surface area contributed by atoms with Crippen LogP contribution in [0.4, 0.5) is 14.5 Å². The highest BCUT2D eigenvalue weighted by Crippen LogP contribution is 2.13. The second-order valence-corrected chi connectivity index (χ2v) is 4.63. The Labute approximate surface area is 120 Å². The van der Waals surface area contributed by atoms with Crippen LogP contribution in [0.2, 0.25) is 0 Å². The molecule has 0 atom stereocenters. The summed E-state index contributed by atoms with van der Waals surface area (Å²) < 4.78 is 26.0. The number of halogens is 2. The van der Waals surface area contributed by atoms with Gasteiger partial charge in [0.25, 0.3) is 5.69 Å². The summed E-state index contributed by atoms with van der Waals surface area (Å²) in [6.45, 7) is 0.977. The molecule has 0 fully saturated rings. The van der Waals surface area contributed by atoms with Crippen LogP contribution in [0.25, 0.3) is 0 Å². The number of nitrogens with zero attached hydrogens (tertiary/aromatic N) is 1. The molecule has 0 saturated carbocycles. The van der Waals surface area contributed by atoms with Gasteiger partial charge in [-0.05, 0) is 36.2 Å². The third-order valence-electron chi connectivity index (χ3n) is 2.96. The van der Waals surface area contributed by atoms with Crippen LogP contribution >= 0.6 is 0 Å². The summed E-state index contributed by atoms with van der Waals surface area (Å²) in [5, 5.41) is 13.7. The summed E-state index contributed by atoms with van der Waals surface area (Å²) in [7, 11) is 0. The van der Waals surface area contributed by atoms with Crippen molar-refractivity contribution in [2.45, 2.75) is 13.0 Å². The van der Waals surface area contributed by atoms with Crippen molar-refractivity contribution in [1.29, 1.82) is 0 Å². The van der Waals surface area contributed by atoms with Crippen molar-refractivity contribution < 1.29 is 13.7 Å². The summed E-state index contributed by atoms with van der Waals surface area (Å²) in [5.41, 5.74) is 1.40. The highest BCUT2D eigenvalue weighted by Gasteiger charge is 2.05. The number of nitrogens with one attached hydrogen (secondary N) is 1. The van der Waals surface area contributed by atoms with Gasteiger partial charge in [-0.15, -0.1) is 0 Å². The molecule has 0 aliphatic carbocycles. The first-order chi connectivity index (χ1) is 10.0. The third-order valence-corrected chi connectivity index (χ3v) is 2.96. The number of hydrogen-bond acceptors (Lipinski definition) is 3. The molecule has 0 unspecified atom stereocenters. The molecule has 0 saturated heterocycles. The molecular formula is C15H14F2N2O2. The van der Waals surface area contributed by atoms with Crippen molar-refractivity contribution in [3.05, 3.63) is 75.3 Å². The number of non-ortho nitro benzene ring substituents is 1. The van der Waals surface area contributed by atoms with Crippen LogP contribution in [0.3, 0.4) is 0 Å². The van der Waals surface area contributed by atoms with E-state index in [4.69, 9.17) is 0 Å². The van der Waals surface area contributed by atoms with E-state index in [-0.39, 0.29) is 5.69 Å². The predicted molar refractivity (Wildman–Crippen MR) is 74.9 cm³/mol. The van der Waals surface area contributed by atoms with E-state index in [0.717, 1.165) is 11.6 Å². The Balaban J connectivity index is 1.84. The summed E-state index contributed by atoms with van der Waals surface area (Å²) in [6, 6.07) is 9.74. The second kappa shape index (κ2) is 6.90. The van der Waals surface area contributed by atoms with Crippen LogP contribution in [0, 0.1) is 21.7 Å². The lowest BCUT2D eigenvalue weighted by Gasteiger charge is -2.06. The van der Waals surface area contributed by atoms with E-state index in [1.54, 1.807) is 12.1 Å². The van der Waals surface area contributed by atoms with Gasteiger partial charge in [0.15, 0.2) is 0 Å². The number of nitro groups is 1. The summed E-state index contributed by atoms with van der Waals surface area (Å²) >= 11 is 0. The van der Waals surface area contributed by atoms with Crippen LogP contribution in [0.5, 0.6) is 0 Å². The van der Waals surface area contributed by atoms with Crippen LogP contribution < -0.4 is 5.32 Å². The fourth-order valence-corrected chi connectivity index (χ4v) is 2.00. The largest absolute Gasteiger partial charge is 0.312 e. The van der Waals surface area contributed by atoms with Crippen molar-refractivity contribution in [2.24, 2.45) is 0 Å². The van der Waals surface area contributed by atoms with Crippen molar-refractivity contribution in [3.8, 4) is 0 Å². The third kappa shape index (κ3) is 4.61. The van der Waals surface area contributed by atoms with Crippen molar-refractivity contribution >= 4 is 5.69 Å². The maximum Gasteiger partial charge on any atom is 0.269 e. The van der Waals surface area contributed by atoms with E-state index in [1.165, 1.54) is 24.3 Å². The lowest BCUT2D eigenvalue weighted by atomic mass is 10.1. The average Bonchev–Trinajstić information content (AvgIpc) is 2.43. The molecule has 0 aliphatic heterocycles. The van der Waals surface area contributed by atoms with E-state index >= 15 is 0 Å². The van der Waals surface area contributed by atoms with E-state index in [2.05, 4.69) is 5.32 Å². The van der Waals surface area contributed by atoms with Crippen molar-refractivity contribution in [2.75, 3.05) is 6.54 Å². The van der Waals surface area contributed by atoms with Gasteiger partial charge >= 0.3 is 0 Å². The Bertz CT molecular complexity index is 627. The Kier molecular flexibility index (Phi) is 4.94. The smallest absolute Gasteiger partial charge is 0.269 e. The maximum atomic E-state index is 13.0. The van der Waals surface area contributed by atoms with Gasteiger partial charge in [-0.25, -0.2) is 8.78 Å². The molecule has 21 heavy (non-hydrogen) atoms. The summed E-state index contributed by atoms with van der Waals surface area (Å²) in [5.74, 6) is -1.19. The molecule has 6 heteroatoms. The van der Waals surface area contributed by atoms with E-state index in [0.29, 0.717) is 25.1 Å². The monoisotopic (exact) mass is 292 g/mol. The van der Waals surface area contributed by atoms with Crippen LogP contribution in [-0.2, 0) is 13.0 Å². The summed E-state index contributed by atoms with van der Waals surface area (Å²) in [4.78, 5) is 10.2. The zero-order chi connectivity index (χ0) is 15.2. The molecule has 0 radical (unpaired) electrons. The van der Waals surface area contributed by atoms with Gasteiger partial charge in [0.1, 0.15) is 11.6 Å². The molecule has 2 aromatic carbocycles. The first kappa shape index (κ1) is 15.1. The molecule has 2 aromatic rings. The van der Waals surface area contributed by atoms with Gasteiger partial charge in [-0.2, -0.15) is 0 Å². The average molecular weight is 292 g/mol. The maximum absolute atomic E-state index is 13.0. The molecule has 0 bridgehead atoms. The van der Waals surface area contributed by atoms with Gasteiger partial charge in [0.2, 0.25) is 0 Å². The van der Waals surface area contributed by atoms with Gasteiger partial charge in [-0.3, -0.25) is 10.1 Å². The molecule has 0 heterocycles. The van der Waals surface area contributed by atoms with E-state index < -0.39 is 16.6 Å². The number of rotatable bonds is 6. The zero-order valence-corrected chi connectivity index (χ0v) is 11.2. The fraction of sp³-hybridized carbons (Fsp3) is 0.200. The number of benzene rings is 2. The molecule has 0 aromatic heterocycles. The molecule has 110 valence electrons. The van der Waals surface area contributed by atoms with Crippen LogP contribution in [0.15, 0.2) is 42.5 Å². The SMILES string of the molecule is O=[N+]([O-])c1cccc(CNCCc2cc(F)cc(F)c2)c1. The molecular weight excluding hydrogens is 278 g/mol. The fourth-order valence-electron chi connectivity index (χ4n) is 2.00. The topological polar surface area (TPSA) is 55.2 Å². The first-order valence-electron chi connectivity index (χ1n) is 6.43. The zero-order valence-electron chi connectivity index (χ0n) is 11.2. The minimum absolute atomic E-state index is 0.0431. The Morgan fingerprint density at radius 3 is 2.43 bits per heavy atom.